The third-order valence-electron chi connectivity index (χ3n) is 3.31. The maximum absolute atomic E-state index is 12.0. The van der Waals surface area contributed by atoms with E-state index in [1.165, 1.54) is 12.1 Å². The summed E-state index contributed by atoms with van der Waals surface area (Å²) in [6, 6.07) is 7.94. The molecule has 2 heterocycles. The van der Waals surface area contributed by atoms with Crippen LogP contribution in [0.2, 0.25) is 0 Å². The second-order valence-electron chi connectivity index (χ2n) is 4.74. The van der Waals surface area contributed by atoms with Crippen molar-refractivity contribution in [2.24, 2.45) is 0 Å². The molecule has 0 bridgehead atoms. The van der Waals surface area contributed by atoms with Crippen molar-refractivity contribution in [1.29, 1.82) is 0 Å². The first-order chi connectivity index (χ1) is 9.54. The Morgan fingerprint density at radius 3 is 2.60 bits per heavy atom. The summed E-state index contributed by atoms with van der Waals surface area (Å²) >= 11 is 0. The van der Waals surface area contributed by atoms with Crippen LogP contribution in [0.25, 0.3) is 0 Å². The van der Waals surface area contributed by atoms with Gasteiger partial charge in [-0.3, -0.25) is 4.79 Å². The number of ether oxygens (including phenoxy) is 1. The third-order valence-corrected chi connectivity index (χ3v) is 3.31. The molecule has 0 aliphatic carbocycles. The Balaban J connectivity index is 2.17. The van der Waals surface area contributed by atoms with Gasteiger partial charge in [0, 0.05) is 12.0 Å². The molecule has 0 unspecified atom stereocenters. The average Bonchev–Trinajstić information content (AvgIpc) is 2.37. The van der Waals surface area contributed by atoms with E-state index in [9.17, 15) is 14.7 Å². The number of fused-ring (bicyclic) bond motifs is 1. The number of rotatable bonds is 1. The van der Waals surface area contributed by atoms with Crippen LogP contribution in [0.4, 0.5) is 0 Å². The number of esters is 1. The van der Waals surface area contributed by atoms with E-state index in [1.807, 2.05) is 0 Å². The molecule has 2 aromatic rings. The lowest BCUT2D eigenvalue weighted by atomic mass is 9.87. The van der Waals surface area contributed by atoms with E-state index in [2.05, 4.69) is 0 Å². The molecule has 0 radical (unpaired) electrons. The first-order valence-electron chi connectivity index (χ1n) is 6.19. The molecule has 0 amide bonds. The van der Waals surface area contributed by atoms with Gasteiger partial charge in [-0.15, -0.1) is 0 Å². The second kappa shape index (κ2) is 4.52. The van der Waals surface area contributed by atoms with E-state index in [0.717, 1.165) is 5.56 Å². The molecular weight excluding hydrogens is 260 g/mol. The molecule has 20 heavy (non-hydrogen) atoms. The number of hydrogen-bond donors (Lipinski definition) is 1. The van der Waals surface area contributed by atoms with Gasteiger partial charge >= 0.3 is 11.6 Å². The van der Waals surface area contributed by atoms with Crippen molar-refractivity contribution in [1.82, 2.24) is 0 Å². The highest BCUT2D eigenvalue weighted by molar-refractivity contribution is 5.77. The number of carbonyl (C=O) groups is 1. The van der Waals surface area contributed by atoms with Gasteiger partial charge in [0.15, 0.2) is 0 Å². The topological polar surface area (TPSA) is 76.7 Å². The molecule has 102 valence electrons. The highest BCUT2D eigenvalue weighted by Gasteiger charge is 2.32. The highest BCUT2D eigenvalue weighted by atomic mass is 16.5. The fraction of sp³-hybridized carbons (Fsp3) is 0.200. The van der Waals surface area contributed by atoms with Gasteiger partial charge in [0.2, 0.25) is 0 Å². The number of aryl methyl sites for hydroxylation is 1. The Morgan fingerprint density at radius 2 is 1.90 bits per heavy atom. The summed E-state index contributed by atoms with van der Waals surface area (Å²) in [6.45, 7) is 1.62. The van der Waals surface area contributed by atoms with Crippen LogP contribution in [-0.4, -0.2) is 11.1 Å². The predicted molar refractivity (Wildman–Crippen MR) is 69.9 cm³/mol. The van der Waals surface area contributed by atoms with Gasteiger partial charge in [-0.2, -0.15) is 0 Å². The molecule has 0 fully saturated rings. The summed E-state index contributed by atoms with van der Waals surface area (Å²) < 4.78 is 10.2. The van der Waals surface area contributed by atoms with Gasteiger partial charge in [0.05, 0.1) is 12.0 Å². The van der Waals surface area contributed by atoms with Crippen LogP contribution in [0.5, 0.6) is 11.5 Å². The number of phenolic OH excluding ortho intramolecular Hbond substituents is 1. The summed E-state index contributed by atoms with van der Waals surface area (Å²) in [6.07, 6.45) is 0.0750. The van der Waals surface area contributed by atoms with Gasteiger partial charge in [0.25, 0.3) is 0 Å². The van der Waals surface area contributed by atoms with E-state index in [4.69, 9.17) is 9.15 Å². The normalized spacial score (nSPS) is 17.4. The minimum Gasteiger partial charge on any atom is -0.508 e. The first kappa shape index (κ1) is 12.5. The summed E-state index contributed by atoms with van der Waals surface area (Å²) in [5.74, 6) is -0.0199. The molecule has 0 spiro atoms. The summed E-state index contributed by atoms with van der Waals surface area (Å²) in [5, 5.41) is 9.32. The van der Waals surface area contributed by atoms with E-state index in [-0.39, 0.29) is 23.9 Å². The van der Waals surface area contributed by atoms with Crippen molar-refractivity contribution in [2.45, 2.75) is 19.3 Å². The van der Waals surface area contributed by atoms with Crippen LogP contribution in [0.3, 0.4) is 0 Å². The Hall–Kier alpha value is -2.56. The zero-order valence-corrected chi connectivity index (χ0v) is 10.8. The van der Waals surface area contributed by atoms with Crippen molar-refractivity contribution in [2.75, 3.05) is 0 Å². The minimum absolute atomic E-state index is 0.0750. The quantitative estimate of drug-likeness (QED) is 0.804. The number of phenols is 1. The van der Waals surface area contributed by atoms with E-state index < -0.39 is 11.5 Å². The number of benzene rings is 1. The molecule has 1 aromatic heterocycles. The zero-order chi connectivity index (χ0) is 14.3. The lowest BCUT2D eigenvalue weighted by Crippen LogP contribution is -2.26. The molecule has 1 aliphatic rings. The summed E-state index contributed by atoms with van der Waals surface area (Å²) in [7, 11) is 0. The summed E-state index contributed by atoms with van der Waals surface area (Å²) in [4.78, 5) is 23.7. The molecule has 5 heteroatoms. The van der Waals surface area contributed by atoms with Crippen molar-refractivity contribution in [3.63, 3.8) is 0 Å². The minimum atomic E-state index is -0.495. The highest BCUT2D eigenvalue weighted by Crippen LogP contribution is 2.37. The monoisotopic (exact) mass is 272 g/mol. The fourth-order valence-electron chi connectivity index (χ4n) is 2.42. The van der Waals surface area contributed by atoms with Crippen LogP contribution < -0.4 is 10.4 Å². The lowest BCUT2D eigenvalue weighted by molar-refractivity contribution is -0.135. The lowest BCUT2D eigenvalue weighted by Gasteiger charge is -2.23. The van der Waals surface area contributed by atoms with Crippen LogP contribution in [0.15, 0.2) is 39.5 Å². The number of carbonyl (C=O) groups excluding carboxylic acids is 1. The van der Waals surface area contributed by atoms with Gasteiger partial charge in [-0.05, 0) is 24.6 Å². The smallest absolute Gasteiger partial charge is 0.343 e. The first-order valence-corrected chi connectivity index (χ1v) is 6.19. The number of hydrogen-bond acceptors (Lipinski definition) is 5. The van der Waals surface area contributed by atoms with Crippen LogP contribution in [-0.2, 0) is 4.79 Å². The van der Waals surface area contributed by atoms with Crippen molar-refractivity contribution in [3.8, 4) is 11.5 Å². The Labute approximate surface area is 114 Å². The maximum Gasteiger partial charge on any atom is 0.343 e. The van der Waals surface area contributed by atoms with E-state index in [1.54, 1.807) is 25.1 Å². The van der Waals surface area contributed by atoms with Crippen molar-refractivity contribution in [3.05, 3.63) is 57.6 Å². The van der Waals surface area contributed by atoms with Crippen molar-refractivity contribution >= 4 is 5.97 Å². The van der Waals surface area contributed by atoms with Crippen LogP contribution in [0.1, 0.15) is 29.2 Å². The molecule has 1 atom stereocenters. The zero-order valence-electron chi connectivity index (χ0n) is 10.8. The van der Waals surface area contributed by atoms with E-state index in [0.29, 0.717) is 11.3 Å². The molecular formula is C15H12O5. The molecule has 3 rings (SSSR count). The van der Waals surface area contributed by atoms with Crippen LogP contribution in [0, 0.1) is 6.92 Å². The molecule has 1 N–H and O–H groups in total. The van der Waals surface area contributed by atoms with Gasteiger partial charge in [-0.25, -0.2) is 4.79 Å². The molecule has 5 nitrogen and oxygen atoms in total. The molecule has 1 aromatic carbocycles. The molecule has 1 aliphatic heterocycles. The molecule has 0 saturated heterocycles. The van der Waals surface area contributed by atoms with Crippen molar-refractivity contribution < 1.29 is 19.1 Å². The Bertz CT molecular complexity index is 727. The SMILES string of the molecule is Cc1cc2c(c(=O)o1)[C@@H](c1ccc(O)cc1)CC(=O)O2. The Kier molecular flexibility index (Phi) is 2.82. The summed E-state index contributed by atoms with van der Waals surface area (Å²) in [5.41, 5.74) is 0.614. The van der Waals surface area contributed by atoms with Gasteiger partial charge in [-0.1, -0.05) is 12.1 Å². The molecule has 0 saturated carbocycles. The Morgan fingerprint density at radius 1 is 1.20 bits per heavy atom. The largest absolute Gasteiger partial charge is 0.508 e. The average molecular weight is 272 g/mol. The fourth-order valence-corrected chi connectivity index (χ4v) is 2.42. The van der Waals surface area contributed by atoms with E-state index >= 15 is 0 Å². The van der Waals surface area contributed by atoms with Gasteiger partial charge in [0.1, 0.15) is 17.3 Å². The second-order valence-corrected chi connectivity index (χ2v) is 4.74. The number of aromatic hydroxyl groups is 1. The van der Waals surface area contributed by atoms with Gasteiger partial charge < -0.3 is 14.3 Å². The maximum atomic E-state index is 12.0. The third kappa shape index (κ3) is 2.07. The standard InChI is InChI=1S/C15H12O5/c1-8-6-12-14(15(18)19-8)11(7-13(17)20-12)9-2-4-10(16)5-3-9/h2-6,11,16H,7H2,1H3/t11-/m1/s1. The van der Waals surface area contributed by atoms with Crippen LogP contribution >= 0.6 is 0 Å². The predicted octanol–water partition coefficient (Wildman–Crippen LogP) is 2.09.